The van der Waals surface area contributed by atoms with Gasteiger partial charge in [-0.1, -0.05) is 13.8 Å². The molecule has 80 valence electrons. The quantitative estimate of drug-likeness (QED) is 0.741. The number of hydrogen-bond acceptors (Lipinski definition) is 2. The van der Waals surface area contributed by atoms with E-state index < -0.39 is 0 Å². The minimum atomic E-state index is 0. The van der Waals surface area contributed by atoms with Crippen molar-refractivity contribution in [1.29, 1.82) is 0 Å². The Hall–Kier alpha value is 0.210. The van der Waals surface area contributed by atoms with E-state index in [2.05, 4.69) is 37.9 Å². The smallest absolute Gasteiger partial charge is 0.0193 e. The zero-order valence-electron chi connectivity index (χ0n) is 9.21. The molecule has 2 nitrogen and oxygen atoms in total. The summed E-state index contributed by atoms with van der Waals surface area (Å²) in [5.41, 5.74) is 0. The van der Waals surface area contributed by atoms with Gasteiger partial charge in [-0.15, -0.1) is 12.4 Å². The molecule has 1 aliphatic rings. The molecule has 0 saturated carbocycles. The van der Waals surface area contributed by atoms with Crippen LogP contribution in [0.2, 0.25) is 0 Å². The zero-order valence-corrected chi connectivity index (χ0v) is 10.0. The number of piperazine rings is 1. The zero-order chi connectivity index (χ0) is 9.14. The molecule has 1 N–H and O–H groups in total. The molecular formula is C10H23ClN2. The van der Waals surface area contributed by atoms with E-state index in [1.807, 2.05) is 0 Å². The first-order valence-corrected chi connectivity index (χ1v) is 5.07. The van der Waals surface area contributed by atoms with Crippen molar-refractivity contribution in [2.75, 3.05) is 19.6 Å². The van der Waals surface area contributed by atoms with E-state index in [-0.39, 0.29) is 12.4 Å². The summed E-state index contributed by atoms with van der Waals surface area (Å²) in [7, 11) is 0. The van der Waals surface area contributed by atoms with E-state index in [0.717, 1.165) is 12.5 Å². The maximum absolute atomic E-state index is 3.49. The number of rotatable bonds is 2. The van der Waals surface area contributed by atoms with E-state index in [0.29, 0.717) is 12.1 Å². The third-order valence-electron chi connectivity index (χ3n) is 2.49. The molecule has 1 rings (SSSR count). The van der Waals surface area contributed by atoms with Crippen LogP contribution < -0.4 is 5.32 Å². The molecule has 1 fully saturated rings. The molecule has 0 aromatic rings. The number of hydrogen-bond donors (Lipinski definition) is 1. The van der Waals surface area contributed by atoms with Crippen molar-refractivity contribution in [3.05, 3.63) is 0 Å². The first kappa shape index (κ1) is 13.2. The number of nitrogens with one attached hydrogen (secondary N) is 1. The highest BCUT2D eigenvalue weighted by Gasteiger charge is 2.22. The standard InChI is InChI=1S/C10H22N2.ClH/c1-8(2)6-12-7-9(3)11-5-10(12)4;/h8-11H,5-7H2,1-4H3;1H/t9-,10+;/m1./s1. The first-order valence-electron chi connectivity index (χ1n) is 5.07. The van der Waals surface area contributed by atoms with Gasteiger partial charge in [0.15, 0.2) is 0 Å². The predicted octanol–water partition coefficient (Wildman–Crippen LogP) is 1.75. The van der Waals surface area contributed by atoms with Gasteiger partial charge in [0.05, 0.1) is 0 Å². The van der Waals surface area contributed by atoms with Gasteiger partial charge in [0.25, 0.3) is 0 Å². The summed E-state index contributed by atoms with van der Waals surface area (Å²) in [5.74, 6) is 0.790. The van der Waals surface area contributed by atoms with Crippen LogP contribution in [0.4, 0.5) is 0 Å². The Morgan fingerprint density at radius 1 is 1.38 bits per heavy atom. The van der Waals surface area contributed by atoms with Crippen molar-refractivity contribution in [1.82, 2.24) is 10.2 Å². The van der Waals surface area contributed by atoms with Crippen LogP contribution in [-0.2, 0) is 0 Å². The van der Waals surface area contributed by atoms with Crippen LogP contribution in [0.15, 0.2) is 0 Å². The van der Waals surface area contributed by atoms with E-state index in [9.17, 15) is 0 Å². The fraction of sp³-hybridized carbons (Fsp3) is 1.00. The summed E-state index contributed by atoms with van der Waals surface area (Å²) < 4.78 is 0. The van der Waals surface area contributed by atoms with Gasteiger partial charge in [0.2, 0.25) is 0 Å². The summed E-state index contributed by atoms with van der Waals surface area (Å²) >= 11 is 0. The lowest BCUT2D eigenvalue weighted by atomic mass is 10.1. The second kappa shape index (κ2) is 5.84. The maximum atomic E-state index is 3.49. The Labute approximate surface area is 88.5 Å². The fourth-order valence-electron chi connectivity index (χ4n) is 1.82. The Kier molecular flexibility index (Phi) is 5.93. The molecule has 13 heavy (non-hydrogen) atoms. The number of halogens is 1. The molecule has 1 aliphatic heterocycles. The SMILES string of the molecule is CC(C)CN1C[C@@H](C)NC[C@@H]1C.Cl. The second-order valence-electron chi connectivity index (χ2n) is 4.51. The van der Waals surface area contributed by atoms with Crippen molar-refractivity contribution in [3.63, 3.8) is 0 Å². The van der Waals surface area contributed by atoms with Gasteiger partial charge >= 0.3 is 0 Å². The minimum Gasteiger partial charge on any atom is -0.311 e. The molecule has 3 heteroatoms. The molecule has 0 unspecified atom stereocenters. The summed E-state index contributed by atoms with van der Waals surface area (Å²) in [6, 6.07) is 1.38. The molecule has 1 heterocycles. The van der Waals surface area contributed by atoms with Crippen LogP contribution >= 0.6 is 12.4 Å². The molecule has 0 amide bonds. The van der Waals surface area contributed by atoms with Gasteiger partial charge < -0.3 is 5.32 Å². The topological polar surface area (TPSA) is 15.3 Å². The third kappa shape index (κ3) is 4.30. The van der Waals surface area contributed by atoms with Crippen molar-refractivity contribution in [3.8, 4) is 0 Å². The van der Waals surface area contributed by atoms with Crippen molar-refractivity contribution in [2.45, 2.75) is 39.8 Å². The Balaban J connectivity index is 0.00000144. The summed E-state index contributed by atoms with van der Waals surface area (Å²) in [4.78, 5) is 2.59. The van der Waals surface area contributed by atoms with E-state index in [1.165, 1.54) is 13.1 Å². The first-order chi connectivity index (χ1) is 5.59. The van der Waals surface area contributed by atoms with Crippen LogP contribution in [-0.4, -0.2) is 36.6 Å². The fourth-order valence-corrected chi connectivity index (χ4v) is 1.82. The lowest BCUT2D eigenvalue weighted by Gasteiger charge is -2.38. The highest BCUT2D eigenvalue weighted by atomic mass is 35.5. The molecule has 0 aromatic heterocycles. The number of nitrogens with zero attached hydrogens (tertiary/aromatic N) is 1. The largest absolute Gasteiger partial charge is 0.311 e. The Bertz CT molecular complexity index is 137. The normalized spacial score (nSPS) is 30.2. The van der Waals surface area contributed by atoms with Crippen LogP contribution in [0.1, 0.15) is 27.7 Å². The minimum absolute atomic E-state index is 0. The highest BCUT2D eigenvalue weighted by Crippen LogP contribution is 2.08. The molecule has 1 saturated heterocycles. The van der Waals surface area contributed by atoms with Crippen molar-refractivity contribution >= 4 is 12.4 Å². The summed E-state index contributed by atoms with van der Waals surface area (Å²) in [5, 5.41) is 3.49. The van der Waals surface area contributed by atoms with Crippen LogP contribution in [0, 0.1) is 5.92 Å². The van der Waals surface area contributed by atoms with Crippen LogP contribution in [0.5, 0.6) is 0 Å². The van der Waals surface area contributed by atoms with E-state index in [4.69, 9.17) is 0 Å². The van der Waals surface area contributed by atoms with Crippen LogP contribution in [0.3, 0.4) is 0 Å². The average molecular weight is 207 g/mol. The van der Waals surface area contributed by atoms with Crippen molar-refractivity contribution in [2.24, 2.45) is 5.92 Å². The Morgan fingerprint density at radius 2 is 2.00 bits per heavy atom. The molecule has 0 radical (unpaired) electrons. The predicted molar refractivity (Wildman–Crippen MR) is 60.6 cm³/mol. The summed E-state index contributed by atoms with van der Waals surface area (Å²) in [6.45, 7) is 12.7. The lowest BCUT2D eigenvalue weighted by molar-refractivity contribution is 0.131. The van der Waals surface area contributed by atoms with Gasteiger partial charge in [-0.05, 0) is 19.8 Å². The van der Waals surface area contributed by atoms with Gasteiger partial charge in [-0.25, -0.2) is 0 Å². The van der Waals surface area contributed by atoms with Gasteiger partial charge in [-0.2, -0.15) is 0 Å². The highest BCUT2D eigenvalue weighted by molar-refractivity contribution is 5.85. The third-order valence-corrected chi connectivity index (χ3v) is 2.49. The molecule has 0 aromatic carbocycles. The van der Waals surface area contributed by atoms with Gasteiger partial charge in [-0.3, -0.25) is 4.90 Å². The molecule has 0 bridgehead atoms. The van der Waals surface area contributed by atoms with E-state index in [1.54, 1.807) is 0 Å². The lowest BCUT2D eigenvalue weighted by Crippen LogP contribution is -2.55. The van der Waals surface area contributed by atoms with Crippen molar-refractivity contribution < 1.29 is 0 Å². The van der Waals surface area contributed by atoms with Crippen LogP contribution in [0.25, 0.3) is 0 Å². The molecule has 2 atom stereocenters. The monoisotopic (exact) mass is 206 g/mol. The second-order valence-corrected chi connectivity index (χ2v) is 4.51. The molecule has 0 aliphatic carbocycles. The Morgan fingerprint density at radius 3 is 2.54 bits per heavy atom. The molecular weight excluding hydrogens is 184 g/mol. The van der Waals surface area contributed by atoms with Gasteiger partial charge in [0, 0.05) is 31.7 Å². The van der Waals surface area contributed by atoms with E-state index >= 15 is 0 Å². The van der Waals surface area contributed by atoms with Gasteiger partial charge in [0.1, 0.15) is 0 Å². The average Bonchev–Trinajstić information content (AvgIpc) is 1.96. The summed E-state index contributed by atoms with van der Waals surface area (Å²) in [6.07, 6.45) is 0. The molecule has 0 spiro atoms. The maximum Gasteiger partial charge on any atom is 0.0193 e.